The molecule has 0 atom stereocenters. The first-order valence-electron chi connectivity index (χ1n) is 8.45. The number of piperidine rings is 1. The predicted octanol–water partition coefficient (Wildman–Crippen LogP) is 2.57. The number of rotatable bonds is 4. The lowest BCUT2D eigenvalue weighted by molar-refractivity contribution is -0.149. The molecule has 0 saturated carbocycles. The van der Waals surface area contributed by atoms with E-state index in [1.54, 1.807) is 29.2 Å². The van der Waals surface area contributed by atoms with Gasteiger partial charge in [-0.3, -0.25) is 14.7 Å². The number of aromatic nitrogens is 3. The fourth-order valence-electron chi connectivity index (χ4n) is 3.07. The number of ether oxygens (including phenoxy) is 1. The van der Waals surface area contributed by atoms with Gasteiger partial charge in [-0.15, -0.1) is 11.3 Å². The molecule has 0 unspecified atom stereocenters. The number of thiazole rings is 1. The first-order chi connectivity index (χ1) is 12.0. The SMILES string of the molecule is CCOC(=O)C1CCN(C(=O)c2cc(-c3sc(C)nc3C)[nH]n2)CC1. The van der Waals surface area contributed by atoms with Crippen molar-refractivity contribution in [3.05, 3.63) is 22.5 Å². The Kier molecular flexibility index (Phi) is 5.17. The third kappa shape index (κ3) is 3.73. The van der Waals surface area contributed by atoms with Gasteiger partial charge in [0.1, 0.15) is 0 Å². The van der Waals surface area contributed by atoms with Crippen molar-refractivity contribution < 1.29 is 14.3 Å². The van der Waals surface area contributed by atoms with Crippen LogP contribution in [0.25, 0.3) is 10.6 Å². The Morgan fingerprint density at radius 3 is 2.68 bits per heavy atom. The second-order valence-electron chi connectivity index (χ2n) is 6.13. The summed E-state index contributed by atoms with van der Waals surface area (Å²) in [7, 11) is 0. The lowest BCUT2D eigenvalue weighted by Crippen LogP contribution is -2.40. The van der Waals surface area contributed by atoms with Crippen molar-refractivity contribution in [1.29, 1.82) is 0 Å². The Morgan fingerprint density at radius 1 is 1.36 bits per heavy atom. The van der Waals surface area contributed by atoms with Crippen LogP contribution in [0.4, 0.5) is 0 Å². The quantitative estimate of drug-likeness (QED) is 0.845. The predicted molar refractivity (Wildman–Crippen MR) is 94.4 cm³/mol. The Bertz CT molecular complexity index is 775. The fourth-order valence-corrected chi connectivity index (χ4v) is 3.96. The highest BCUT2D eigenvalue weighted by Crippen LogP contribution is 2.29. The molecule has 1 aliphatic rings. The van der Waals surface area contributed by atoms with Crippen molar-refractivity contribution >= 4 is 23.2 Å². The van der Waals surface area contributed by atoms with Gasteiger partial charge in [-0.1, -0.05) is 0 Å². The van der Waals surface area contributed by atoms with Crippen LogP contribution in [0.5, 0.6) is 0 Å². The van der Waals surface area contributed by atoms with Gasteiger partial charge >= 0.3 is 5.97 Å². The first kappa shape index (κ1) is 17.6. The third-order valence-corrected chi connectivity index (χ3v) is 5.45. The van der Waals surface area contributed by atoms with Crippen LogP contribution in [0.2, 0.25) is 0 Å². The molecule has 7 nitrogen and oxygen atoms in total. The number of amides is 1. The molecule has 1 fully saturated rings. The van der Waals surface area contributed by atoms with Crippen molar-refractivity contribution in [1.82, 2.24) is 20.1 Å². The molecule has 3 heterocycles. The molecule has 0 radical (unpaired) electrons. The number of nitrogens with one attached hydrogen (secondary N) is 1. The number of H-pyrrole nitrogens is 1. The van der Waals surface area contributed by atoms with E-state index < -0.39 is 0 Å². The summed E-state index contributed by atoms with van der Waals surface area (Å²) in [5.74, 6) is -0.377. The van der Waals surface area contributed by atoms with E-state index in [9.17, 15) is 9.59 Å². The molecule has 25 heavy (non-hydrogen) atoms. The normalized spacial score (nSPS) is 15.4. The van der Waals surface area contributed by atoms with Crippen LogP contribution in [0.1, 0.15) is 41.0 Å². The Morgan fingerprint density at radius 2 is 2.08 bits per heavy atom. The van der Waals surface area contributed by atoms with Gasteiger partial charge in [0.2, 0.25) is 0 Å². The number of carbonyl (C=O) groups excluding carboxylic acids is 2. The largest absolute Gasteiger partial charge is 0.466 e. The first-order valence-corrected chi connectivity index (χ1v) is 9.27. The lowest BCUT2D eigenvalue weighted by Gasteiger charge is -2.30. The number of esters is 1. The van der Waals surface area contributed by atoms with Crippen LogP contribution in [0.15, 0.2) is 6.07 Å². The maximum absolute atomic E-state index is 12.7. The summed E-state index contributed by atoms with van der Waals surface area (Å²) in [5.41, 5.74) is 2.14. The Labute approximate surface area is 150 Å². The summed E-state index contributed by atoms with van der Waals surface area (Å²) in [4.78, 5) is 31.6. The van der Waals surface area contributed by atoms with E-state index in [0.29, 0.717) is 38.2 Å². The number of aryl methyl sites for hydroxylation is 2. The van der Waals surface area contributed by atoms with Crippen LogP contribution in [0, 0.1) is 19.8 Å². The van der Waals surface area contributed by atoms with Crippen molar-refractivity contribution in [3.63, 3.8) is 0 Å². The smallest absolute Gasteiger partial charge is 0.309 e. The maximum atomic E-state index is 12.7. The lowest BCUT2D eigenvalue weighted by atomic mass is 9.97. The van der Waals surface area contributed by atoms with Gasteiger partial charge < -0.3 is 9.64 Å². The van der Waals surface area contributed by atoms with Gasteiger partial charge in [0, 0.05) is 13.1 Å². The monoisotopic (exact) mass is 362 g/mol. The maximum Gasteiger partial charge on any atom is 0.309 e. The van der Waals surface area contributed by atoms with Crippen molar-refractivity contribution in [3.8, 4) is 10.6 Å². The Hall–Kier alpha value is -2.22. The van der Waals surface area contributed by atoms with Crippen LogP contribution < -0.4 is 0 Å². The zero-order valence-electron chi connectivity index (χ0n) is 14.7. The van der Waals surface area contributed by atoms with E-state index >= 15 is 0 Å². The topological polar surface area (TPSA) is 88.2 Å². The average molecular weight is 362 g/mol. The second-order valence-corrected chi connectivity index (χ2v) is 7.34. The summed E-state index contributed by atoms with van der Waals surface area (Å²) >= 11 is 1.58. The molecule has 0 spiro atoms. The van der Waals surface area contributed by atoms with Crippen LogP contribution in [-0.4, -0.2) is 51.7 Å². The molecule has 0 aromatic carbocycles. The van der Waals surface area contributed by atoms with Crippen LogP contribution >= 0.6 is 11.3 Å². The molecule has 2 aromatic heterocycles. The van der Waals surface area contributed by atoms with Gasteiger partial charge in [0.05, 0.1) is 33.8 Å². The summed E-state index contributed by atoms with van der Waals surface area (Å²) in [6.07, 6.45) is 1.27. The van der Waals surface area contributed by atoms with Crippen molar-refractivity contribution in [2.45, 2.75) is 33.6 Å². The average Bonchev–Trinajstić information content (AvgIpc) is 3.21. The fraction of sp³-hybridized carbons (Fsp3) is 0.529. The molecule has 3 rings (SSSR count). The highest BCUT2D eigenvalue weighted by Gasteiger charge is 2.29. The van der Waals surface area contributed by atoms with E-state index in [1.165, 1.54) is 0 Å². The molecule has 2 aromatic rings. The number of carbonyl (C=O) groups is 2. The number of nitrogens with zero attached hydrogens (tertiary/aromatic N) is 3. The molecule has 0 bridgehead atoms. The molecular formula is C17H22N4O3S. The zero-order valence-corrected chi connectivity index (χ0v) is 15.5. The van der Waals surface area contributed by atoms with Gasteiger partial charge in [-0.05, 0) is 39.7 Å². The van der Waals surface area contributed by atoms with Crippen molar-refractivity contribution in [2.75, 3.05) is 19.7 Å². The molecular weight excluding hydrogens is 340 g/mol. The molecule has 8 heteroatoms. The van der Waals surface area contributed by atoms with E-state index in [1.807, 2.05) is 13.8 Å². The van der Waals surface area contributed by atoms with E-state index in [2.05, 4.69) is 15.2 Å². The summed E-state index contributed by atoms with van der Waals surface area (Å²) in [6, 6.07) is 1.78. The van der Waals surface area contributed by atoms with Gasteiger partial charge in [-0.25, -0.2) is 4.98 Å². The molecule has 0 aliphatic carbocycles. The highest BCUT2D eigenvalue weighted by atomic mass is 32.1. The van der Waals surface area contributed by atoms with E-state index in [4.69, 9.17) is 4.74 Å². The van der Waals surface area contributed by atoms with Gasteiger partial charge in [-0.2, -0.15) is 5.10 Å². The molecule has 134 valence electrons. The molecule has 1 amide bonds. The highest BCUT2D eigenvalue weighted by molar-refractivity contribution is 7.15. The number of likely N-dealkylation sites (tertiary alicyclic amines) is 1. The third-order valence-electron chi connectivity index (χ3n) is 4.35. The number of aromatic amines is 1. The second kappa shape index (κ2) is 7.35. The minimum atomic E-state index is -0.160. The molecule has 1 saturated heterocycles. The molecule has 1 aliphatic heterocycles. The van der Waals surface area contributed by atoms with Gasteiger partial charge in [0.15, 0.2) is 5.69 Å². The molecule has 1 N–H and O–H groups in total. The minimum Gasteiger partial charge on any atom is -0.466 e. The van der Waals surface area contributed by atoms with E-state index in [0.717, 1.165) is 21.3 Å². The zero-order chi connectivity index (χ0) is 18.0. The number of hydrogen-bond acceptors (Lipinski definition) is 6. The standard InChI is InChI=1S/C17H22N4O3S/c1-4-24-17(23)12-5-7-21(8-6-12)16(22)14-9-13(19-20-14)15-10(2)18-11(3)25-15/h9,12H,4-8H2,1-3H3,(H,19,20). The van der Waals surface area contributed by atoms with Gasteiger partial charge in [0.25, 0.3) is 5.91 Å². The summed E-state index contributed by atoms with van der Waals surface area (Å²) in [5, 5.41) is 8.09. The summed E-state index contributed by atoms with van der Waals surface area (Å²) < 4.78 is 5.06. The van der Waals surface area contributed by atoms with Crippen molar-refractivity contribution in [2.24, 2.45) is 5.92 Å². The summed E-state index contributed by atoms with van der Waals surface area (Å²) in [6.45, 7) is 7.19. The van der Waals surface area contributed by atoms with E-state index in [-0.39, 0.29) is 17.8 Å². The van der Waals surface area contributed by atoms with Crippen LogP contribution in [0.3, 0.4) is 0 Å². The number of hydrogen-bond donors (Lipinski definition) is 1. The minimum absolute atomic E-state index is 0.108. The Balaban J connectivity index is 1.65. The van der Waals surface area contributed by atoms with Crippen LogP contribution in [-0.2, 0) is 9.53 Å².